The minimum absolute atomic E-state index is 0.0956. The number of benzene rings is 2. The fourth-order valence-corrected chi connectivity index (χ4v) is 6.07. The summed E-state index contributed by atoms with van der Waals surface area (Å²) in [4.78, 5) is 2.41. The van der Waals surface area contributed by atoms with Gasteiger partial charge in [-0.1, -0.05) is 30.3 Å². The maximum Gasteiger partial charge on any atom is 0.142 e. The molecule has 0 bridgehead atoms. The van der Waals surface area contributed by atoms with Crippen molar-refractivity contribution in [1.29, 1.82) is 0 Å². The summed E-state index contributed by atoms with van der Waals surface area (Å²) in [5, 5.41) is 0. The highest BCUT2D eigenvalue weighted by atomic mass is 16.5. The van der Waals surface area contributed by atoms with Crippen LogP contribution in [0.5, 0.6) is 5.75 Å². The first kappa shape index (κ1) is 30.3. The second-order valence-electron chi connectivity index (χ2n) is 11.7. The van der Waals surface area contributed by atoms with Gasteiger partial charge in [0.25, 0.3) is 0 Å². The average molecular weight is 568 g/mol. The predicted molar refractivity (Wildman–Crippen MR) is 161 cm³/mol. The lowest BCUT2D eigenvalue weighted by atomic mass is 9.79. The molecule has 3 aliphatic rings. The van der Waals surface area contributed by atoms with Crippen LogP contribution in [-0.4, -0.2) is 72.6 Å². The molecule has 0 amide bonds. The van der Waals surface area contributed by atoms with Gasteiger partial charge in [-0.05, 0) is 79.7 Å². The lowest BCUT2D eigenvalue weighted by molar-refractivity contribution is -0.0713. The first-order chi connectivity index (χ1) is 20.2. The van der Waals surface area contributed by atoms with Crippen LogP contribution >= 0.6 is 0 Å². The van der Waals surface area contributed by atoms with Crippen LogP contribution < -0.4 is 9.64 Å². The summed E-state index contributed by atoms with van der Waals surface area (Å²) in [5.74, 6) is 1.93. The summed E-state index contributed by atoms with van der Waals surface area (Å²) < 4.78 is 35.6. The summed E-state index contributed by atoms with van der Waals surface area (Å²) in [7, 11) is 3.50. The van der Waals surface area contributed by atoms with Crippen molar-refractivity contribution in [2.75, 3.05) is 65.2 Å². The van der Waals surface area contributed by atoms with Gasteiger partial charge in [-0.3, -0.25) is 0 Å². The largest absolute Gasteiger partial charge is 0.490 e. The van der Waals surface area contributed by atoms with Crippen molar-refractivity contribution in [3.8, 4) is 5.75 Å². The van der Waals surface area contributed by atoms with Gasteiger partial charge in [0.1, 0.15) is 12.4 Å². The fourth-order valence-electron chi connectivity index (χ4n) is 6.07. The second kappa shape index (κ2) is 15.9. The number of ether oxygens (including phenoxy) is 6. The van der Waals surface area contributed by atoms with Gasteiger partial charge in [0.05, 0.1) is 37.7 Å². The Hall–Kier alpha value is -2.16. The Balaban J connectivity index is 1.25. The molecule has 2 aliphatic carbocycles. The van der Waals surface area contributed by atoms with Gasteiger partial charge in [0.15, 0.2) is 0 Å². The summed E-state index contributed by atoms with van der Waals surface area (Å²) in [6.07, 6.45) is 7.96. The van der Waals surface area contributed by atoms with Crippen molar-refractivity contribution in [3.63, 3.8) is 0 Å². The zero-order chi connectivity index (χ0) is 28.3. The summed E-state index contributed by atoms with van der Waals surface area (Å²) in [6.45, 7) is 6.91. The molecule has 2 fully saturated rings. The normalized spacial score (nSPS) is 22.4. The van der Waals surface area contributed by atoms with Crippen LogP contribution in [0.1, 0.15) is 67.6 Å². The molecule has 5 rings (SSSR count). The van der Waals surface area contributed by atoms with Crippen LogP contribution in [0.4, 0.5) is 5.69 Å². The van der Waals surface area contributed by atoms with Crippen molar-refractivity contribution in [2.45, 2.75) is 76.3 Å². The van der Waals surface area contributed by atoms with Gasteiger partial charge in [0, 0.05) is 53.1 Å². The Morgan fingerprint density at radius 1 is 0.805 bits per heavy atom. The molecule has 226 valence electrons. The molecule has 1 aliphatic heterocycles. The first-order valence-electron chi connectivity index (χ1n) is 15.6. The molecule has 7 heteroatoms. The molecule has 2 aromatic carbocycles. The average Bonchev–Trinajstić information content (AvgIpc) is 3.83. The molecule has 2 aromatic rings. The maximum atomic E-state index is 6.74. The Morgan fingerprint density at radius 3 is 2.34 bits per heavy atom. The van der Waals surface area contributed by atoms with E-state index in [0.29, 0.717) is 19.8 Å². The number of methoxy groups -OCH3 is 2. The van der Waals surface area contributed by atoms with Crippen LogP contribution in [0.25, 0.3) is 0 Å². The van der Waals surface area contributed by atoms with E-state index in [9.17, 15) is 0 Å². The molecule has 0 radical (unpaired) electrons. The number of rotatable bonds is 17. The van der Waals surface area contributed by atoms with Crippen molar-refractivity contribution in [2.24, 2.45) is 5.92 Å². The molecule has 0 unspecified atom stereocenters. The van der Waals surface area contributed by atoms with E-state index in [1.807, 2.05) is 0 Å². The lowest BCUT2D eigenvalue weighted by Crippen LogP contribution is -2.38. The smallest absolute Gasteiger partial charge is 0.142 e. The number of fused-ring (bicyclic) bond motifs is 1. The zero-order valence-electron chi connectivity index (χ0n) is 25.1. The molecular formula is C34H49NO6. The van der Waals surface area contributed by atoms with Crippen molar-refractivity contribution in [1.82, 2.24) is 0 Å². The van der Waals surface area contributed by atoms with Crippen LogP contribution in [0, 0.1) is 5.92 Å². The standard InChI is InChI=1S/C34H49NO6/c1-36-18-4-16-35-17-21-40-31-15-12-28(22-30(31)35)25-41-33-7-3-6-32(39-20-5-19-37-2)34(33)29-13-10-27(11-14-29)24-38-23-26-8-9-26/h10-15,22,26,32-34H,3-9,16-21,23-25H2,1-2H3/t32-,33+,34+/m1/s1. The maximum absolute atomic E-state index is 6.74. The fraction of sp³-hybridized carbons (Fsp3) is 0.647. The zero-order valence-corrected chi connectivity index (χ0v) is 25.1. The van der Waals surface area contributed by atoms with Gasteiger partial charge in [-0.15, -0.1) is 0 Å². The number of nitrogens with zero attached hydrogens (tertiary/aromatic N) is 1. The summed E-state index contributed by atoms with van der Waals surface area (Å²) >= 11 is 0. The molecular weight excluding hydrogens is 518 g/mol. The Labute approximate surface area is 246 Å². The molecule has 0 spiro atoms. The topological polar surface area (TPSA) is 58.6 Å². The Morgan fingerprint density at radius 2 is 1.56 bits per heavy atom. The molecule has 0 N–H and O–H groups in total. The van der Waals surface area contributed by atoms with E-state index in [-0.39, 0.29) is 18.1 Å². The highest BCUT2D eigenvalue weighted by Gasteiger charge is 2.36. The van der Waals surface area contributed by atoms with E-state index in [4.69, 9.17) is 28.4 Å². The van der Waals surface area contributed by atoms with Gasteiger partial charge in [-0.2, -0.15) is 0 Å². The number of hydrogen-bond acceptors (Lipinski definition) is 7. The third-order valence-corrected chi connectivity index (χ3v) is 8.51. The van der Waals surface area contributed by atoms with E-state index in [0.717, 1.165) is 89.0 Å². The molecule has 3 atom stereocenters. The van der Waals surface area contributed by atoms with Crippen LogP contribution in [0.2, 0.25) is 0 Å². The number of hydrogen-bond donors (Lipinski definition) is 0. The van der Waals surface area contributed by atoms with E-state index in [2.05, 4.69) is 47.4 Å². The first-order valence-corrected chi connectivity index (χ1v) is 15.6. The SMILES string of the molecule is COCCCO[C@@H]1CCC[C@H](OCc2ccc3c(c2)N(CCCOC)CCO3)[C@H]1c1ccc(COCC2CC2)cc1. The molecule has 7 nitrogen and oxygen atoms in total. The minimum atomic E-state index is 0.0956. The lowest BCUT2D eigenvalue weighted by Gasteiger charge is -2.38. The van der Waals surface area contributed by atoms with E-state index >= 15 is 0 Å². The van der Waals surface area contributed by atoms with Crippen LogP contribution in [0.15, 0.2) is 42.5 Å². The van der Waals surface area contributed by atoms with Crippen molar-refractivity contribution < 1.29 is 28.4 Å². The van der Waals surface area contributed by atoms with Gasteiger partial charge < -0.3 is 33.3 Å². The van der Waals surface area contributed by atoms with Crippen LogP contribution in [-0.2, 0) is 36.9 Å². The summed E-state index contributed by atoms with van der Waals surface area (Å²) in [5.41, 5.74) is 4.86. The van der Waals surface area contributed by atoms with E-state index in [1.54, 1.807) is 14.2 Å². The summed E-state index contributed by atoms with van der Waals surface area (Å²) in [6, 6.07) is 15.5. The predicted octanol–water partition coefficient (Wildman–Crippen LogP) is 6.12. The molecule has 0 saturated heterocycles. The van der Waals surface area contributed by atoms with Gasteiger partial charge >= 0.3 is 0 Å². The molecule has 2 saturated carbocycles. The molecule has 0 aromatic heterocycles. The van der Waals surface area contributed by atoms with Crippen LogP contribution in [0.3, 0.4) is 0 Å². The van der Waals surface area contributed by atoms with Crippen molar-refractivity contribution >= 4 is 5.69 Å². The third kappa shape index (κ3) is 8.91. The van der Waals surface area contributed by atoms with Gasteiger partial charge in [-0.25, -0.2) is 0 Å². The third-order valence-electron chi connectivity index (χ3n) is 8.51. The van der Waals surface area contributed by atoms with Gasteiger partial charge in [0.2, 0.25) is 0 Å². The number of anilines is 1. The van der Waals surface area contributed by atoms with Crippen molar-refractivity contribution in [3.05, 3.63) is 59.2 Å². The highest BCUT2D eigenvalue weighted by molar-refractivity contribution is 5.61. The second-order valence-corrected chi connectivity index (χ2v) is 11.7. The molecule has 1 heterocycles. The highest BCUT2D eigenvalue weighted by Crippen LogP contribution is 2.39. The Kier molecular flexibility index (Phi) is 11.7. The quantitative estimate of drug-likeness (QED) is 0.213. The Bertz CT molecular complexity index is 1040. The monoisotopic (exact) mass is 567 g/mol. The van der Waals surface area contributed by atoms with E-state index in [1.165, 1.54) is 29.5 Å². The minimum Gasteiger partial charge on any atom is -0.490 e. The molecule has 41 heavy (non-hydrogen) atoms. The van der Waals surface area contributed by atoms with E-state index < -0.39 is 0 Å².